The molecule has 20 heavy (non-hydrogen) atoms. The van der Waals surface area contributed by atoms with E-state index in [9.17, 15) is 0 Å². The van der Waals surface area contributed by atoms with Crippen LogP contribution in [0.15, 0.2) is 0 Å². The van der Waals surface area contributed by atoms with Gasteiger partial charge >= 0.3 is 0 Å². The summed E-state index contributed by atoms with van der Waals surface area (Å²) in [6.45, 7) is 14.5. The lowest BCUT2D eigenvalue weighted by molar-refractivity contribution is 0.203. The lowest BCUT2D eigenvalue weighted by atomic mass is 9.76. The fraction of sp³-hybridized carbons (Fsp3) is 1.00. The van der Waals surface area contributed by atoms with Crippen molar-refractivity contribution in [2.45, 2.75) is 106 Å². The molecule has 0 fully saturated rings. The van der Waals surface area contributed by atoms with Gasteiger partial charge in [0.25, 0.3) is 0 Å². The Bertz CT molecular complexity index is 194. The molecule has 3 atom stereocenters. The summed E-state index contributed by atoms with van der Waals surface area (Å²) in [7, 11) is 0. The quantitative estimate of drug-likeness (QED) is 0.307. The molecule has 0 rings (SSSR count). The second kappa shape index (κ2) is 12.7. The van der Waals surface area contributed by atoms with Gasteiger partial charge < -0.3 is 0 Å². The maximum Gasteiger partial charge on any atom is -0.0363 e. The monoisotopic (exact) mass is 282 g/mol. The Balaban J connectivity index is 4.02. The van der Waals surface area contributed by atoms with Crippen molar-refractivity contribution in [1.82, 2.24) is 0 Å². The van der Waals surface area contributed by atoms with Gasteiger partial charge in [-0.15, -0.1) is 0 Å². The molecule has 0 spiro atoms. The smallest absolute Gasteiger partial charge is 0.0363 e. The van der Waals surface area contributed by atoms with Gasteiger partial charge in [-0.3, -0.25) is 0 Å². The van der Waals surface area contributed by atoms with Gasteiger partial charge in [-0.25, -0.2) is 0 Å². The minimum Gasteiger partial charge on any atom is -0.0654 e. The standard InChI is InChI=1S/C20H42/c1-7-9-11-12-13-15-19(6)20(17(3)4)16-18(5)14-10-8-2/h17-20H,7-16H2,1-6H3. The lowest BCUT2D eigenvalue weighted by Crippen LogP contribution is -2.21. The molecule has 0 aliphatic heterocycles. The second-order valence-electron chi connectivity index (χ2n) is 7.57. The minimum absolute atomic E-state index is 0.852. The first kappa shape index (κ1) is 20.0. The summed E-state index contributed by atoms with van der Waals surface area (Å²) < 4.78 is 0. The van der Waals surface area contributed by atoms with Crippen LogP contribution in [-0.2, 0) is 0 Å². The van der Waals surface area contributed by atoms with E-state index in [1.807, 2.05) is 0 Å². The predicted octanol–water partition coefficient (Wildman–Crippen LogP) is 7.47. The summed E-state index contributed by atoms with van der Waals surface area (Å²) in [6, 6.07) is 0. The van der Waals surface area contributed by atoms with Crippen LogP contribution in [0.5, 0.6) is 0 Å². The summed E-state index contributed by atoms with van der Waals surface area (Å²) in [4.78, 5) is 0. The van der Waals surface area contributed by atoms with Crippen molar-refractivity contribution in [1.29, 1.82) is 0 Å². The molecule has 0 radical (unpaired) electrons. The van der Waals surface area contributed by atoms with Gasteiger partial charge in [-0.05, 0) is 30.1 Å². The van der Waals surface area contributed by atoms with E-state index in [1.54, 1.807) is 0 Å². The van der Waals surface area contributed by atoms with Gasteiger partial charge in [-0.1, -0.05) is 99.3 Å². The van der Waals surface area contributed by atoms with Gasteiger partial charge in [0.1, 0.15) is 0 Å². The van der Waals surface area contributed by atoms with Crippen molar-refractivity contribution in [3.63, 3.8) is 0 Å². The van der Waals surface area contributed by atoms with E-state index in [0.29, 0.717) is 0 Å². The van der Waals surface area contributed by atoms with Crippen LogP contribution in [0, 0.1) is 23.7 Å². The molecule has 0 heteroatoms. The topological polar surface area (TPSA) is 0 Å². The third-order valence-corrected chi connectivity index (χ3v) is 5.08. The van der Waals surface area contributed by atoms with E-state index < -0.39 is 0 Å². The highest BCUT2D eigenvalue weighted by atomic mass is 14.3. The lowest BCUT2D eigenvalue weighted by Gasteiger charge is -2.30. The van der Waals surface area contributed by atoms with Crippen LogP contribution in [0.3, 0.4) is 0 Å². The van der Waals surface area contributed by atoms with Gasteiger partial charge in [0.2, 0.25) is 0 Å². The third kappa shape index (κ3) is 9.83. The highest BCUT2D eigenvalue weighted by Crippen LogP contribution is 2.32. The Labute approximate surface area is 130 Å². The summed E-state index contributed by atoms with van der Waals surface area (Å²) >= 11 is 0. The molecular weight excluding hydrogens is 240 g/mol. The molecular formula is C20H42. The predicted molar refractivity (Wildman–Crippen MR) is 94.2 cm³/mol. The molecule has 122 valence electrons. The Hall–Kier alpha value is 0. The van der Waals surface area contributed by atoms with Crippen LogP contribution in [-0.4, -0.2) is 0 Å². The van der Waals surface area contributed by atoms with Crippen molar-refractivity contribution in [3.05, 3.63) is 0 Å². The van der Waals surface area contributed by atoms with Gasteiger partial charge in [0.05, 0.1) is 0 Å². The van der Waals surface area contributed by atoms with Crippen LogP contribution in [0.1, 0.15) is 106 Å². The summed E-state index contributed by atoms with van der Waals surface area (Å²) in [5, 5.41) is 0. The van der Waals surface area contributed by atoms with Crippen molar-refractivity contribution in [2.24, 2.45) is 23.7 Å². The SMILES string of the molecule is CCCCCCCC(C)C(CC(C)CCCC)C(C)C. The maximum absolute atomic E-state index is 2.51. The zero-order valence-corrected chi connectivity index (χ0v) is 15.4. The fourth-order valence-electron chi connectivity index (χ4n) is 3.58. The molecule has 0 nitrogen and oxygen atoms in total. The molecule has 0 aromatic heterocycles. The molecule has 0 heterocycles. The van der Waals surface area contributed by atoms with E-state index in [-0.39, 0.29) is 0 Å². The molecule has 0 aliphatic rings. The molecule has 0 saturated heterocycles. The molecule has 0 bridgehead atoms. The number of unbranched alkanes of at least 4 members (excludes halogenated alkanes) is 5. The van der Waals surface area contributed by atoms with Gasteiger partial charge in [-0.2, -0.15) is 0 Å². The maximum atomic E-state index is 2.51. The van der Waals surface area contributed by atoms with E-state index in [1.165, 1.54) is 64.2 Å². The average molecular weight is 283 g/mol. The van der Waals surface area contributed by atoms with Crippen LogP contribution < -0.4 is 0 Å². The second-order valence-corrected chi connectivity index (χ2v) is 7.57. The van der Waals surface area contributed by atoms with Crippen LogP contribution >= 0.6 is 0 Å². The van der Waals surface area contributed by atoms with Crippen molar-refractivity contribution in [3.8, 4) is 0 Å². The molecule has 0 N–H and O–H groups in total. The Morgan fingerprint density at radius 1 is 0.650 bits per heavy atom. The van der Waals surface area contributed by atoms with Gasteiger partial charge in [0.15, 0.2) is 0 Å². The van der Waals surface area contributed by atoms with Crippen LogP contribution in [0.25, 0.3) is 0 Å². The normalized spacial score (nSPS) is 16.4. The van der Waals surface area contributed by atoms with Crippen molar-refractivity contribution < 1.29 is 0 Å². The first-order valence-electron chi connectivity index (χ1n) is 9.52. The first-order chi connectivity index (χ1) is 9.52. The summed E-state index contributed by atoms with van der Waals surface area (Å²) in [5.41, 5.74) is 0. The number of hydrogen-bond donors (Lipinski definition) is 0. The summed E-state index contributed by atoms with van der Waals surface area (Å²) in [5.74, 6) is 3.63. The van der Waals surface area contributed by atoms with Crippen molar-refractivity contribution in [2.75, 3.05) is 0 Å². The summed E-state index contributed by atoms with van der Waals surface area (Å²) in [6.07, 6.45) is 14.2. The zero-order valence-electron chi connectivity index (χ0n) is 15.4. The molecule has 0 saturated carbocycles. The average Bonchev–Trinajstić information content (AvgIpc) is 2.41. The third-order valence-electron chi connectivity index (χ3n) is 5.08. The Kier molecular flexibility index (Phi) is 12.7. The van der Waals surface area contributed by atoms with Gasteiger partial charge in [0, 0.05) is 0 Å². The highest BCUT2D eigenvalue weighted by Gasteiger charge is 2.22. The van der Waals surface area contributed by atoms with E-state index in [2.05, 4.69) is 41.5 Å². The highest BCUT2D eigenvalue weighted by molar-refractivity contribution is 4.73. The van der Waals surface area contributed by atoms with Crippen LogP contribution in [0.4, 0.5) is 0 Å². The molecule has 0 amide bonds. The van der Waals surface area contributed by atoms with E-state index >= 15 is 0 Å². The van der Waals surface area contributed by atoms with E-state index in [0.717, 1.165) is 23.7 Å². The number of rotatable bonds is 13. The first-order valence-corrected chi connectivity index (χ1v) is 9.52. The molecule has 0 aliphatic carbocycles. The molecule has 0 aromatic rings. The fourth-order valence-corrected chi connectivity index (χ4v) is 3.58. The van der Waals surface area contributed by atoms with Crippen LogP contribution in [0.2, 0.25) is 0 Å². The number of hydrogen-bond acceptors (Lipinski definition) is 0. The van der Waals surface area contributed by atoms with Crippen molar-refractivity contribution >= 4 is 0 Å². The molecule has 3 unspecified atom stereocenters. The largest absolute Gasteiger partial charge is 0.0654 e. The van der Waals surface area contributed by atoms with E-state index in [4.69, 9.17) is 0 Å². The Morgan fingerprint density at radius 3 is 1.80 bits per heavy atom. The Morgan fingerprint density at radius 2 is 1.25 bits per heavy atom. The zero-order chi connectivity index (χ0) is 15.4. The molecule has 0 aromatic carbocycles. The minimum atomic E-state index is 0.852.